The smallest absolute Gasteiger partial charge is 0.289 e. The van der Waals surface area contributed by atoms with E-state index in [4.69, 9.17) is 0 Å². The molecule has 0 bridgehead atoms. The first-order chi connectivity index (χ1) is 23.4. The SMILES string of the molecule is C.CCC[C@H](NC(=O)[C@@H]1[C@@H]2CCC[C@@H]2CN1C(=O)[C@H](NC(=O)[C@@H](NC(=O)c1cnccn1)C1CCCCC1)C(C)(C)C)C(=O)C(=O)NC1CC1.S.S.S.S. The fourth-order valence-electron chi connectivity index (χ4n) is 7.87. The van der Waals surface area contributed by atoms with Gasteiger partial charge in [-0.05, 0) is 68.1 Å². The summed E-state index contributed by atoms with van der Waals surface area (Å²) in [5, 5.41) is 11.5. The number of carbonyl (C=O) groups excluding carboxylic acids is 6. The molecule has 4 fully saturated rings. The average molecular weight is 832 g/mol. The van der Waals surface area contributed by atoms with Gasteiger partial charge < -0.3 is 26.2 Å². The number of nitrogens with one attached hydrogen (secondary N) is 4. The van der Waals surface area contributed by atoms with Crippen LogP contribution in [-0.2, 0) is 24.0 Å². The lowest BCUT2D eigenvalue weighted by Gasteiger charge is -2.38. The zero-order valence-corrected chi connectivity index (χ0v) is 35.3. The highest BCUT2D eigenvalue weighted by Crippen LogP contribution is 2.43. The van der Waals surface area contributed by atoms with E-state index in [9.17, 15) is 28.8 Å². The molecular weight excluding hydrogens is 767 g/mol. The molecule has 4 N–H and O–H groups in total. The highest BCUT2D eigenvalue weighted by Gasteiger charge is 2.52. The Morgan fingerprint density at radius 1 is 0.852 bits per heavy atom. The maximum atomic E-state index is 14.6. The number of likely N-dealkylation sites (tertiary alicyclic amines) is 1. The normalized spacial score (nSPS) is 22.0. The van der Waals surface area contributed by atoms with Crippen LogP contribution in [0.3, 0.4) is 0 Å². The average Bonchev–Trinajstić information content (AvgIpc) is 3.65. The number of fused-ring (bicyclic) bond motifs is 1. The summed E-state index contributed by atoms with van der Waals surface area (Å²) in [6.45, 7) is 7.85. The fourth-order valence-corrected chi connectivity index (χ4v) is 7.87. The first kappa shape index (κ1) is 51.5. The van der Waals surface area contributed by atoms with Gasteiger partial charge in [0.2, 0.25) is 23.5 Å². The quantitative estimate of drug-likeness (QED) is 0.218. The zero-order valence-electron chi connectivity index (χ0n) is 31.3. The van der Waals surface area contributed by atoms with E-state index in [0.29, 0.717) is 19.4 Å². The Morgan fingerprint density at radius 3 is 2.09 bits per heavy atom. The van der Waals surface area contributed by atoms with Crippen LogP contribution in [0.4, 0.5) is 0 Å². The van der Waals surface area contributed by atoms with E-state index in [2.05, 4.69) is 31.2 Å². The summed E-state index contributed by atoms with van der Waals surface area (Å²) < 4.78 is 0. The van der Waals surface area contributed by atoms with Crippen LogP contribution in [0, 0.1) is 23.2 Å². The molecule has 0 unspecified atom stereocenters. The van der Waals surface area contributed by atoms with Gasteiger partial charge in [0, 0.05) is 25.0 Å². The fraction of sp³-hybridized carbons (Fsp3) is 0.730. The molecule has 1 aliphatic heterocycles. The van der Waals surface area contributed by atoms with E-state index in [1.54, 1.807) is 4.90 Å². The van der Waals surface area contributed by atoms with Crippen LogP contribution in [0.1, 0.15) is 123 Å². The second-order valence-corrected chi connectivity index (χ2v) is 15.5. The molecule has 3 aliphatic carbocycles. The minimum atomic E-state index is -0.994. The van der Waals surface area contributed by atoms with Crippen LogP contribution in [0.2, 0.25) is 0 Å². The Balaban J connectivity index is 0.00000562. The molecular formula is C37H65N7O6S4. The molecule has 1 aromatic heterocycles. The number of hydrogen-bond donors (Lipinski definition) is 4. The Labute approximate surface area is 349 Å². The van der Waals surface area contributed by atoms with Gasteiger partial charge in [-0.3, -0.25) is 33.8 Å². The van der Waals surface area contributed by atoms with E-state index in [0.717, 1.165) is 64.2 Å². The van der Waals surface area contributed by atoms with Crippen LogP contribution < -0.4 is 21.3 Å². The number of ketones is 1. The number of rotatable bonds is 13. The molecule has 4 aliphatic rings. The first-order valence-corrected chi connectivity index (χ1v) is 18.2. The van der Waals surface area contributed by atoms with Crippen molar-refractivity contribution < 1.29 is 28.8 Å². The van der Waals surface area contributed by atoms with Crippen molar-refractivity contribution in [2.75, 3.05) is 6.54 Å². The standard InChI is InChI=1S/C36H53N7O6.CH4.4H2S/c1-5-10-25(29(44)34(48)39-23-15-16-23)40-33(47)28-24-14-9-13-22(24)20-43(28)35(49)30(36(2,3)4)42-32(46)27(21-11-7-6-8-12-21)41-31(45)26-19-37-17-18-38-26;;;;;/h17-19,21-25,27-28,30H,5-16,20H2,1-4H3,(H,39,48)(H,40,47)(H,41,45)(H,42,46);1H4;4*1H2/t22-,24-,25+,27+,28+,30+;;;;;/m1...../s1. The number of hydrogen-bond acceptors (Lipinski definition) is 8. The number of Topliss-reactive ketones (excluding diaryl/α,β-unsaturated/α-hetero) is 1. The lowest BCUT2D eigenvalue weighted by Crippen LogP contribution is -2.62. The zero-order chi connectivity index (χ0) is 35.3. The Morgan fingerprint density at radius 2 is 1.52 bits per heavy atom. The third-order valence-corrected chi connectivity index (χ3v) is 10.7. The molecule has 13 nitrogen and oxygen atoms in total. The monoisotopic (exact) mass is 831 g/mol. The first-order valence-electron chi connectivity index (χ1n) is 18.2. The van der Waals surface area contributed by atoms with Crippen molar-refractivity contribution >= 4 is 89.3 Å². The molecule has 0 aromatic carbocycles. The number of nitrogens with zero attached hydrogens (tertiary/aromatic N) is 3. The molecule has 17 heteroatoms. The molecule has 5 rings (SSSR count). The van der Waals surface area contributed by atoms with Gasteiger partial charge in [-0.1, -0.05) is 67.2 Å². The van der Waals surface area contributed by atoms with Crippen molar-refractivity contribution in [3.63, 3.8) is 0 Å². The molecule has 2 heterocycles. The summed E-state index contributed by atoms with van der Waals surface area (Å²) >= 11 is 0. The van der Waals surface area contributed by atoms with Gasteiger partial charge in [0.05, 0.1) is 12.2 Å². The van der Waals surface area contributed by atoms with Crippen molar-refractivity contribution in [3.8, 4) is 0 Å². The Bertz CT molecular complexity index is 1410. The minimum absolute atomic E-state index is 0. The predicted molar refractivity (Wildman–Crippen MR) is 229 cm³/mol. The van der Waals surface area contributed by atoms with E-state index in [1.165, 1.54) is 18.6 Å². The maximum Gasteiger partial charge on any atom is 0.289 e. The Hall–Kier alpha value is -2.50. The summed E-state index contributed by atoms with van der Waals surface area (Å²) in [4.78, 5) is 91.4. The molecule has 1 saturated heterocycles. The van der Waals surface area contributed by atoms with Crippen molar-refractivity contribution in [2.45, 2.75) is 142 Å². The molecule has 0 spiro atoms. The topological polar surface area (TPSA) is 180 Å². The van der Waals surface area contributed by atoms with Crippen molar-refractivity contribution in [1.82, 2.24) is 36.1 Å². The van der Waals surface area contributed by atoms with Crippen LogP contribution >= 0.6 is 54.0 Å². The van der Waals surface area contributed by atoms with Gasteiger partial charge in [0.25, 0.3) is 11.8 Å². The molecule has 5 amide bonds. The largest absolute Gasteiger partial charge is 0.347 e. The van der Waals surface area contributed by atoms with Crippen molar-refractivity contribution in [1.29, 1.82) is 0 Å². The van der Waals surface area contributed by atoms with Gasteiger partial charge in [-0.25, -0.2) is 4.98 Å². The van der Waals surface area contributed by atoms with Crippen LogP contribution in [-0.4, -0.2) is 86.9 Å². The lowest BCUT2D eigenvalue weighted by atomic mass is 9.82. The second kappa shape index (κ2) is 22.9. The van der Waals surface area contributed by atoms with Gasteiger partial charge >= 0.3 is 0 Å². The minimum Gasteiger partial charge on any atom is -0.347 e. The molecule has 6 atom stereocenters. The van der Waals surface area contributed by atoms with Crippen molar-refractivity contribution in [2.24, 2.45) is 23.2 Å². The Kier molecular flexibility index (Phi) is 21.8. The summed E-state index contributed by atoms with van der Waals surface area (Å²) in [7, 11) is 0. The van der Waals surface area contributed by atoms with Crippen LogP contribution in [0.15, 0.2) is 18.6 Å². The van der Waals surface area contributed by atoms with Gasteiger partial charge in [0.15, 0.2) is 0 Å². The van der Waals surface area contributed by atoms with E-state index >= 15 is 0 Å². The van der Waals surface area contributed by atoms with E-state index < -0.39 is 59.0 Å². The molecule has 308 valence electrons. The summed E-state index contributed by atoms with van der Waals surface area (Å²) in [6, 6.07) is -3.68. The van der Waals surface area contributed by atoms with E-state index in [1.807, 2.05) is 27.7 Å². The molecule has 54 heavy (non-hydrogen) atoms. The second-order valence-electron chi connectivity index (χ2n) is 15.5. The van der Waals surface area contributed by atoms with Gasteiger partial charge in [-0.15, -0.1) is 0 Å². The number of aromatic nitrogens is 2. The van der Waals surface area contributed by atoms with Crippen molar-refractivity contribution in [3.05, 3.63) is 24.3 Å². The molecule has 0 radical (unpaired) electrons. The summed E-state index contributed by atoms with van der Waals surface area (Å²) in [5.41, 5.74) is -0.638. The maximum absolute atomic E-state index is 14.6. The van der Waals surface area contributed by atoms with Gasteiger partial charge in [0.1, 0.15) is 23.8 Å². The predicted octanol–water partition coefficient (Wildman–Crippen LogP) is 3.53. The number of amides is 5. The summed E-state index contributed by atoms with van der Waals surface area (Å²) in [6.07, 6.45) is 13.9. The van der Waals surface area contributed by atoms with E-state index in [-0.39, 0.29) is 96.8 Å². The van der Waals surface area contributed by atoms with Crippen LogP contribution in [0.5, 0.6) is 0 Å². The molecule has 3 saturated carbocycles. The lowest BCUT2D eigenvalue weighted by molar-refractivity contribution is -0.146. The van der Waals surface area contributed by atoms with Gasteiger partial charge in [-0.2, -0.15) is 54.0 Å². The summed E-state index contributed by atoms with van der Waals surface area (Å²) in [5.74, 6) is -3.20. The third kappa shape index (κ3) is 12.8. The highest BCUT2D eigenvalue weighted by atomic mass is 32.1. The van der Waals surface area contributed by atoms with Crippen LogP contribution in [0.25, 0.3) is 0 Å². The third-order valence-electron chi connectivity index (χ3n) is 10.7. The highest BCUT2D eigenvalue weighted by molar-refractivity contribution is 7.59. The molecule has 1 aromatic rings. The number of carbonyl (C=O) groups is 6.